The van der Waals surface area contributed by atoms with Crippen LogP contribution < -0.4 is 5.73 Å². The molecule has 1 aromatic rings. The van der Waals surface area contributed by atoms with Gasteiger partial charge in [-0.1, -0.05) is 11.6 Å². The average Bonchev–Trinajstić information content (AvgIpc) is 2.53. The average molecular weight is 247 g/mol. The van der Waals surface area contributed by atoms with Gasteiger partial charge in [0.2, 0.25) is 5.91 Å². The van der Waals surface area contributed by atoms with E-state index in [2.05, 4.69) is 0 Å². The van der Waals surface area contributed by atoms with E-state index in [1.807, 2.05) is 5.38 Å². The van der Waals surface area contributed by atoms with Crippen LogP contribution in [0.3, 0.4) is 0 Å². The number of carbonyl (C=O) groups excluding carboxylic acids is 1. The topological polar surface area (TPSA) is 55.6 Å². The van der Waals surface area contributed by atoms with Crippen LogP contribution in [0, 0.1) is 0 Å². The summed E-state index contributed by atoms with van der Waals surface area (Å²) < 4.78 is 5.04. The predicted octanol–water partition coefficient (Wildman–Crippen LogP) is 1.34. The second-order valence-corrected chi connectivity index (χ2v) is 4.60. The van der Waals surface area contributed by atoms with Crippen molar-refractivity contribution in [3.63, 3.8) is 0 Å². The molecule has 6 heteroatoms. The molecule has 1 saturated heterocycles. The van der Waals surface area contributed by atoms with Gasteiger partial charge in [0.25, 0.3) is 0 Å². The van der Waals surface area contributed by atoms with E-state index in [0.29, 0.717) is 29.7 Å². The Balaban J connectivity index is 2.07. The zero-order chi connectivity index (χ0) is 10.8. The zero-order valence-corrected chi connectivity index (χ0v) is 9.61. The minimum absolute atomic E-state index is 0.00193. The molecule has 0 aromatic carbocycles. The van der Waals surface area contributed by atoms with Crippen molar-refractivity contribution >= 4 is 33.8 Å². The first-order valence-electron chi connectivity index (χ1n) is 4.55. The van der Waals surface area contributed by atoms with E-state index < -0.39 is 0 Å². The van der Waals surface area contributed by atoms with Gasteiger partial charge < -0.3 is 15.4 Å². The molecule has 0 atom stereocenters. The highest BCUT2D eigenvalue weighted by atomic mass is 35.5. The van der Waals surface area contributed by atoms with Gasteiger partial charge in [-0.3, -0.25) is 4.79 Å². The molecule has 2 heterocycles. The van der Waals surface area contributed by atoms with Crippen LogP contribution in [0.5, 0.6) is 0 Å². The summed E-state index contributed by atoms with van der Waals surface area (Å²) in [5, 5.41) is 3.06. The smallest absolute Gasteiger partial charge is 0.248 e. The van der Waals surface area contributed by atoms with Gasteiger partial charge in [0.1, 0.15) is 11.6 Å². The van der Waals surface area contributed by atoms with Gasteiger partial charge in [-0.25, -0.2) is 0 Å². The monoisotopic (exact) mass is 246 g/mol. The molecule has 1 aliphatic heterocycles. The molecule has 0 bridgehead atoms. The Morgan fingerprint density at radius 2 is 2.47 bits per heavy atom. The Morgan fingerprint density at radius 3 is 3.07 bits per heavy atom. The van der Waals surface area contributed by atoms with Crippen LogP contribution in [-0.2, 0) is 16.1 Å². The van der Waals surface area contributed by atoms with E-state index >= 15 is 0 Å². The Kier molecular flexibility index (Phi) is 3.14. The Hall–Kier alpha value is -0.780. The molecular weight excluding hydrogens is 236 g/mol. The van der Waals surface area contributed by atoms with E-state index in [1.54, 1.807) is 4.90 Å². The summed E-state index contributed by atoms with van der Waals surface area (Å²) in [6.45, 7) is 1.89. The van der Waals surface area contributed by atoms with Crippen LogP contribution in [0.15, 0.2) is 5.38 Å². The van der Waals surface area contributed by atoms with E-state index in [0.717, 1.165) is 5.56 Å². The molecule has 0 saturated carbocycles. The number of anilines is 1. The van der Waals surface area contributed by atoms with Gasteiger partial charge in [-0.05, 0) is 5.38 Å². The molecule has 2 rings (SSSR count). The quantitative estimate of drug-likeness (QED) is 0.857. The van der Waals surface area contributed by atoms with E-state index in [9.17, 15) is 4.79 Å². The number of morpholine rings is 1. The van der Waals surface area contributed by atoms with Crippen molar-refractivity contribution in [2.45, 2.75) is 6.54 Å². The Labute approximate surface area is 96.6 Å². The summed E-state index contributed by atoms with van der Waals surface area (Å²) in [6, 6.07) is 0. The van der Waals surface area contributed by atoms with Gasteiger partial charge >= 0.3 is 0 Å². The fraction of sp³-hybridized carbons (Fsp3) is 0.444. The van der Waals surface area contributed by atoms with Crippen molar-refractivity contribution in [3.8, 4) is 0 Å². The summed E-state index contributed by atoms with van der Waals surface area (Å²) >= 11 is 7.39. The van der Waals surface area contributed by atoms with Crippen molar-refractivity contribution in [2.24, 2.45) is 0 Å². The number of nitrogens with zero attached hydrogens (tertiary/aromatic N) is 1. The summed E-state index contributed by atoms with van der Waals surface area (Å²) in [7, 11) is 0. The summed E-state index contributed by atoms with van der Waals surface area (Å²) in [5.41, 5.74) is 6.55. The second kappa shape index (κ2) is 4.38. The van der Waals surface area contributed by atoms with Crippen molar-refractivity contribution in [1.29, 1.82) is 0 Å². The highest BCUT2D eigenvalue weighted by molar-refractivity contribution is 7.14. The van der Waals surface area contributed by atoms with Crippen LogP contribution in [0.25, 0.3) is 0 Å². The number of hydrogen-bond donors (Lipinski definition) is 1. The summed E-state index contributed by atoms with van der Waals surface area (Å²) in [6.07, 6.45) is 0. The first-order valence-corrected chi connectivity index (χ1v) is 5.81. The van der Waals surface area contributed by atoms with Crippen LogP contribution in [0.4, 0.5) is 5.00 Å². The normalized spacial score (nSPS) is 17.1. The molecule has 1 fully saturated rings. The van der Waals surface area contributed by atoms with Gasteiger partial charge in [0.05, 0.1) is 11.6 Å². The van der Waals surface area contributed by atoms with Crippen molar-refractivity contribution < 1.29 is 9.53 Å². The third-order valence-electron chi connectivity index (χ3n) is 2.27. The number of rotatable bonds is 2. The molecule has 0 radical (unpaired) electrons. The predicted molar refractivity (Wildman–Crippen MR) is 60.0 cm³/mol. The highest BCUT2D eigenvalue weighted by Gasteiger charge is 2.20. The lowest BCUT2D eigenvalue weighted by Crippen LogP contribution is -2.40. The molecule has 1 amide bonds. The first kappa shape index (κ1) is 10.7. The molecule has 1 aliphatic rings. The van der Waals surface area contributed by atoms with E-state index in [4.69, 9.17) is 22.1 Å². The van der Waals surface area contributed by atoms with Gasteiger partial charge in [0, 0.05) is 18.7 Å². The number of ether oxygens (including phenoxy) is 1. The molecular formula is C9H11ClN2O2S. The zero-order valence-electron chi connectivity index (χ0n) is 8.03. The largest absolute Gasteiger partial charge is 0.389 e. The number of nitrogens with two attached hydrogens (primary N) is 1. The molecule has 1 aromatic heterocycles. The van der Waals surface area contributed by atoms with Crippen LogP contribution in [-0.4, -0.2) is 30.6 Å². The molecule has 15 heavy (non-hydrogen) atoms. The first-order chi connectivity index (χ1) is 7.18. The number of hydrogen-bond acceptors (Lipinski definition) is 4. The second-order valence-electron chi connectivity index (χ2n) is 3.31. The number of amides is 1. The number of carbonyl (C=O) groups is 1. The number of halogens is 1. The van der Waals surface area contributed by atoms with Crippen molar-refractivity contribution in [2.75, 3.05) is 25.5 Å². The molecule has 2 N–H and O–H groups in total. The fourth-order valence-electron chi connectivity index (χ4n) is 1.43. The van der Waals surface area contributed by atoms with Gasteiger partial charge in [0.15, 0.2) is 0 Å². The van der Waals surface area contributed by atoms with Gasteiger partial charge in [-0.2, -0.15) is 0 Å². The van der Waals surface area contributed by atoms with Gasteiger partial charge in [-0.15, -0.1) is 11.3 Å². The molecule has 0 aliphatic carbocycles. The molecule has 82 valence electrons. The summed E-state index contributed by atoms with van der Waals surface area (Å²) in [5.74, 6) is 0.00193. The minimum atomic E-state index is 0.00193. The Morgan fingerprint density at radius 1 is 1.67 bits per heavy atom. The highest BCUT2D eigenvalue weighted by Crippen LogP contribution is 2.31. The lowest BCUT2D eigenvalue weighted by atomic mass is 10.3. The molecule has 0 spiro atoms. The van der Waals surface area contributed by atoms with Crippen LogP contribution >= 0.6 is 22.9 Å². The fourth-order valence-corrected chi connectivity index (χ4v) is 2.43. The third-order valence-corrected chi connectivity index (χ3v) is 3.69. The third kappa shape index (κ3) is 2.25. The molecule has 0 unspecified atom stereocenters. The molecule has 4 nitrogen and oxygen atoms in total. The standard InChI is InChI=1S/C9H11ClN2O2S/c10-8-6(5-15-9(8)11)3-12-1-2-14-4-7(12)13/h5H,1-4,11H2. The lowest BCUT2D eigenvalue weighted by Gasteiger charge is -2.26. The SMILES string of the molecule is Nc1scc(CN2CCOCC2=O)c1Cl. The van der Waals surface area contributed by atoms with Crippen LogP contribution in [0.1, 0.15) is 5.56 Å². The van der Waals surface area contributed by atoms with E-state index in [-0.39, 0.29) is 12.5 Å². The maximum absolute atomic E-state index is 11.4. The number of thiophene rings is 1. The maximum atomic E-state index is 11.4. The van der Waals surface area contributed by atoms with Crippen molar-refractivity contribution in [1.82, 2.24) is 4.90 Å². The minimum Gasteiger partial charge on any atom is -0.389 e. The lowest BCUT2D eigenvalue weighted by molar-refractivity contribution is -0.143. The van der Waals surface area contributed by atoms with Crippen molar-refractivity contribution in [3.05, 3.63) is 16.0 Å². The van der Waals surface area contributed by atoms with Crippen LogP contribution in [0.2, 0.25) is 5.02 Å². The maximum Gasteiger partial charge on any atom is 0.248 e. The Bertz CT molecular complexity index is 380. The van der Waals surface area contributed by atoms with E-state index in [1.165, 1.54) is 11.3 Å². The summed E-state index contributed by atoms with van der Waals surface area (Å²) in [4.78, 5) is 13.2. The number of nitrogen functional groups attached to an aromatic ring is 1.